The Labute approximate surface area is 174 Å². The Kier molecular flexibility index (Phi) is 6.36. The zero-order valence-electron chi connectivity index (χ0n) is 16.1. The zero-order chi connectivity index (χ0) is 20.1. The van der Waals surface area contributed by atoms with Crippen LogP contribution in [-0.4, -0.2) is 55.2 Å². The summed E-state index contributed by atoms with van der Waals surface area (Å²) in [5, 5.41) is 3.47. The van der Waals surface area contributed by atoms with Crippen LogP contribution in [0.2, 0.25) is 5.02 Å². The quantitative estimate of drug-likeness (QED) is 0.777. The number of benzene rings is 1. The molecule has 7 nitrogen and oxygen atoms in total. The molecule has 0 unspecified atom stereocenters. The van der Waals surface area contributed by atoms with Crippen molar-refractivity contribution in [1.29, 1.82) is 0 Å². The number of carbonyl (C=O) groups is 1. The molecule has 154 valence electrons. The highest BCUT2D eigenvalue weighted by atomic mass is 35.5. The van der Waals surface area contributed by atoms with Crippen molar-refractivity contribution < 1.29 is 19.0 Å². The van der Waals surface area contributed by atoms with Crippen LogP contribution in [-0.2, 0) is 4.79 Å². The Balaban J connectivity index is 1.20. The molecular formula is C21H24ClN3O4. The monoisotopic (exact) mass is 417 g/mol. The molecule has 1 aromatic heterocycles. The molecule has 8 heteroatoms. The van der Waals surface area contributed by atoms with E-state index >= 15 is 0 Å². The first-order valence-corrected chi connectivity index (χ1v) is 10.2. The number of nitrogens with one attached hydrogen (secondary N) is 1. The van der Waals surface area contributed by atoms with E-state index in [4.69, 9.17) is 25.8 Å². The minimum atomic E-state index is -0.0278. The molecule has 3 heterocycles. The van der Waals surface area contributed by atoms with Crippen molar-refractivity contribution in [1.82, 2.24) is 9.88 Å². The summed E-state index contributed by atoms with van der Waals surface area (Å²) in [6, 6.07) is 7.24. The number of aromatic nitrogens is 1. The normalized spacial score (nSPS) is 17.0. The van der Waals surface area contributed by atoms with E-state index in [0.29, 0.717) is 54.6 Å². The molecule has 2 aromatic rings. The number of carbonyl (C=O) groups excluding carboxylic acids is 1. The summed E-state index contributed by atoms with van der Waals surface area (Å²) in [4.78, 5) is 18.5. The average Bonchev–Trinajstić information content (AvgIpc) is 2.74. The number of nitrogens with zero attached hydrogens (tertiary/aromatic N) is 2. The number of halogens is 1. The standard InChI is InChI=1S/C21H24ClN3O4/c22-17-12-23-6-3-18(17)29-14-15-4-7-25(8-5-15)13-21(26)24-16-1-2-19-20(11-16)28-10-9-27-19/h1-3,6,11-12,15H,4-5,7-10,13-14H2,(H,24,26). The highest BCUT2D eigenvalue weighted by Crippen LogP contribution is 2.32. The van der Waals surface area contributed by atoms with E-state index in [1.807, 2.05) is 12.1 Å². The fourth-order valence-electron chi connectivity index (χ4n) is 3.52. The minimum Gasteiger partial charge on any atom is -0.492 e. The first-order chi connectivity index (χ1) is 14.2. The van der Waals surface area contributed by atoms with Crippen molar-refractivity contribution in [2.75, 3.05) is 44.8 Å². The summed E-state index contributed by atoms with van der Waals surface area (Å²) in [5.41, 5.74) is 0.719. The lowest BCUT2D eigenvalue weighted by Gasteiger charge is -2.31. The molecule has 0 bridgehead atoms. The molecule has 0 aliphatic carbocycles. The van der Waals surface area contributed by atoms with Crippen molar-refractivity contribution in [3.63, 3.8) is 0 Å². The third kappa shape index (κ3) is 5.31. The van der Waals surface area contributed by atoms with Gasteiger partial charge in [0.25, 0.3) is 0 Å². The molecule has 2 aliphatic rings. The minimum absolute atomic E-state index is 0.0278. The van der Waals surface area contributed by atoms with Gasteiger partial charge in [-0.3, -0.25) is 14.7 Å². The van der Waals surface area contributed by atoms with Gasteiger partial charge in [0.1, 0.15) is 24.0 Å². The predicted molar refractivity (Wildman–Crippen MR) is 110 cm³/mol. The van der Waals surface area contributed by atoms with E-state index in [1.165, 1.54) is 0 Å². The molecule has 0 atom stereocenters. The number of rotatable bonds is 6. The predicted octanol–water partition coefficient (Wildman–Crippen LogP) is 3.24. The highest BCUT2D eigenvalue weighted by molar-refractivity contribution is 6.31. The van der Waals surface area contributed by atoms with E-state index < -0.39 is 0 Å². The Bertz CT molecular complexity index is 856. The lowest BCUT2D eigenvalue weighted by Crippen LogP contribution is -2.40. The number of anilines is 1. The van der Waals surface area contributed by atoms with E-state index in [-0.39, 0.29) is 5.91 Å². The largest absolute Gasteiger partial charge is 0.492 e. The fraction of sp³-hybridized carbons (Fsp3) is 0.429. The summed E-state index contributed by atoms with van der Waals surface area (Å²) in [5.74, 6) is 2.48. The van der Waals surface area contributed by atoms with Crippen molar-refractivity contribution >= 4 is 23.2 Å². The number of pyridine rings is 1. The molecule has 0 saturated carbocycles. The Hall–Kier alpha value is -2.51. The number of likely N-dealkylation sites (tertiary alicyclic amines) is 1. The topological polar surface area (TPSA) is 72.9 Å². The molecule has 1 saturated heterocycles. The fourth-order valence-corrected chi connectivity index (χ4v) is 3.70. The van der Waals surface area contributed by atoms with Crippen LogP contribution in [0.3, 0.4) is 0 Å². The number of hydrogen-bond donors (Lipinski definition) is 1. The maximum atomic E-state index is 12.4. The smallest absolute Gasteiger partial charge is 0.238 e. The molecule has 0 radical (unpaired) electrons. The van der Waals surface area contributed by atoms with Crippen LogP contribution in [0.25, 0.3) is 0 Å². The number of ether oxygens (including phenoxy) is 3. The molecule has 29 heavy (non-hydrogen) atoms. The van der Waals surface area contributed by atoms with Crippen molar-refractivity contribution in [3.05, 3.63) is 41.7 Å². The molecule has 2 aliphatic heterocycles. The van der Waals surface area contributed by atoms with Gasteiger partial charge < -0.3 is 19.5 Å². The number of fused-ring (bicyclic) bond motifs is 1. The number of piperidine rings is 1. The summed E-state index contributed by atoms with van der Waals surface area (Å²) >= 11 is 6.07. The maximum Gasteiger partial charge on any atom is 0.238 e. The molecule has 1 fully saturated rings. The molecule has 1 amide bonds. The van der Waals surface area contributed by atoms with Crippen LogP contribution in [0.15, 0.2) is 36.7 Å². The molecular weight excluding hydrogens is 394 g/mol. The van der Waals surface area contributed by atoms with Crippen molar-refractivity contribution in [2.45, 2.75) is 12.8 Å². The van der Waals surface area contributed by atoms with Crippen LogP contribution < -0.4 is 19.5 Å². The van der Waals surface area contributed by atoms with Gasteiger partial charge in [-0.2, -0.15) is 0 Å². The van der Waals surface area contributed by atoms with E-state index in [0.717, 1.165) is 31.6 Å². The van der Waals surface area contributed by atoms with Gasteiger partial charge in [0, 0.05) is 30.2 Å². The number of hydrogen-bond acceptors (Lipinski definition) is 6. The Morgan fingerprint density at radius 1 is 1.21 bits per heavy atom. The third-order valence-electron chi connectivity index (χ3n) is 5.11. The molecule has 1 N–H and O–H groups in total. The van der Waals surface area contributed by atoms with E-state index in [9.17, 15) is 4.79 Å². The zero-order valence-corrected chi connectivity index (χ0v) is 16.9. The summed E-state index contributed by atoms with van der Waals surface area (Å²) in [7, 11) is 0. The van der Waals surface area contributed by atoms with Gasteiger partial charge in [-0.1, -0.05) is 11.6 Å². The van der Waals surface area contributed by atoms with Crippen LogP contribution in [0.1, 0.15) is 12.8 Å². The van der Waals surface area contributed by atoms with Crippen LogP contribution in [0.4, 0.5) is 5.69 Å². The summed E-state index contributed by atoms with van der Waals surface area (Å²) in [6.45, 7) is 3.81. The van der Waals surface area contributed by atoms with Gasteiger partial charge >= 0.3 is 0 Å². The lowest BCUT2D eigenvalue weighted by molar-refractivity contribution is -0.117. The van der Waals surface area contributed by atoms with Gasteiger partial charge in [-0.05, 0) is 44.0 Å². The van der Waals surface area contributed by atoms with Gasteiger partial charge in [-0.25, -0.2) is 0 Å². The van der Waals surface area contributed by atoms with Crippen LogP contribution >= 0.6 is 11.6 Å². The molecule has 1 aromatic carbocycles. The lowest BCUT2D eigenvalue weighted by atomic mass is 9.98. The summed E-state index contributed by atoms with van der Waals surface area (Å²) < 4.78 is 16.9. The van der Waals surface area contributed by atoms with Crippen molar-refractivity contribution in [2.24, 2.45) is 5.92 Å². The maximum absolute atomic E-state index is 12.4. The highest BCUT2D eigenvalue weighted by Gasteiger charge is 2.22. The Morgan fingerprint density at radius 3 is 2.79 bits per heavy atom. The average molecular weight is 418 g/mol. The van der Waals surface area contributed by atoms with E-state index in [2.05, 4.69) is 15.2 Å². The molecule has 0 spiro atoms. The van der Waals surface area contributed by atoms with E-state index in [1.54, 1.807) is 24.5 Å². The second kappa shape index (κ2) is 9.33. The van der Waals surface area contributed by atoms with Gasteiger partial charge in [-0.15, -0.1) is 0 Å². The third-order valence-corrected chi connectivity index (χ3v) is 5.39. The number of amides is 1. The Morgan fingerprint density at radius 2 is 2.00 bits per heavy atom. The van der Waals surface area contributed by atoms with Crippen LogP contribution in [0.5, 0.6) is 17.2 Å². The van der Waals surface area contributed by atoms with Crippen LogP contribution in [0, 0.1) is 5.92 Å². The second-order valence-corrected chi connectivity index (χ2v) is 7.65. The van der Waals surface area contributed by atoms with Gasteiger partial charge in [0.2, 0.25) is 5.91 Å². The van der Waals surface area contributed by atoms with Gasteiger partial charge in [0.15, 0.2) is 11.5 Å². The van der Waals surface area contributed by atoms with Gasteiger partial charge in [0.05, 0.1) is 13.2 Å². The molecule has 4 rings (SSSR count). The van der Waals surface area contributed by atoms with Crippen molar-refractivity contribution in [3.8, 4) is 17.2 Å². The second-order valence-electron chi connectivity index (χ2n) is 7.24. The first kappa shape index (κ1) is 19.8. The SMILES string of the molecule is O=C(CN1CCC(COc2ccncc2Cl)CC1)Nc1ccc2c(c1)OCCO2. The summed E-state index contributed by atoms with van der Waals surface area (Å²) in [6.07, 6.45) is 5.23. The first-order valence-electron chi connectivity index (χ1n) is 9.81.